The molecule has 1 fully saturated rings. The first-order valence-corrected chi connectivity index (χ1v) is 7.72. The Bertz CT molecular complexity index is 307. The Morgan fingerprint density at radius 1 is 1.25 bits per heavy atom. The van der Waals surface area contributed by atoms with Gasteiger partial charge in [0.15, 0.2) is 0 Å². The highest BCUT2D eigenvalue weighted by Crippen LogP contribution is 2.11. The summed E-state index contributed by atoms with van der Waals surface area (Å²) in [6.45, 7) is 14.0. The average molecular weight is 285 g/mol. The van der Waals surface area contributed by atoms with Crippen LogP contribution in [0.1, 0.15) is 41.0 Å². The molecule has 0 bridgehead atoms. The van der Waals surface area contributed by atoms with Crippen molar-refractivity contribution in [2.24, 2.45) is 0 Å². The third-order valence-electron chi connectivity index (χ3n) is 3.95. The molecule has 2 N–H and O–H groups in total. The van der Waals surface area contributed by atoms with Crippen LogP contribution >= 0.6 is 0 Å². The van der Waals surface area contributed by atoms with Crippen molar-refractivity contribution in [2.45, 2.75) is 58.7 Å². The van der Waals surface area contributed by atoms with Crippen molar-refractivity contribution in [1.29, 1.82) is 0 Å². The van der Waals surface area contributed by atoms with Gasteiger partial charge in [0, 0.05) is 38.8 Å². The zero-order valence-corrected chi connectivity index (χ0v) is 13.6. The molecule has 0 radical (unpaired) electrons. The summed E-state index contributed by atoms with van der Waals surface area (Å²) < 4.78 is 0. The Balaban J connectivity index is 2.39. The number of piperazine rings is 1. The van der Waals surface area contributed by atoms with E-state index in [4.69, 9.17) is 0 Å². The van der Waals surface area contributed by atoms with Crippen LogP contribution < -0.4 is 5.32 Å². The number of nitrogens with one attached hydrogen (secondary N) is 1. The number of carbonyl (C=O) groups excluding carboxylic acids is 1. The van der Waals surface area contributed by atoms with Crippen LogP contribution in [0.15, 0.2) is 0 Å². The van der Waals surface area contributed by atoms with Crippen LogP contribution in [0.2, 0.25) is 0 Å². The zero-order chi connectivity index (χ0) is 15.3. The third kappa shape index (κ3) is 5.77. The van der Waals surface area contributed by atoms with Gasteiger partial charge in [0.2, 0.25) is 5.91 Å². The van der Waals surface area contributed by atoms with Gasteiger partial charge in [0.25, 0.3) is 0 Å². The Kier molecular flexibility index (Phi) is 6.43. The summed E-state index contributed by atoms with van der Waals surface area (Å²) in [6, 6.07) is 0.162. The van der Waals surface area contributed by atoms with Crippen molar-refractivity contribution in [3.05, 3.63) is 0 Å². The Labute approximate surface area is 123 Å². The Hall–Kier alpha value is -0.650. The van der Waals surface area contributed by atoms with E-state index in [1.165, 1.54) is 0 Å². The van der Waals surface area contributed by atoms with E-state index >= 15 is 0 Å². The van der Waals surface area contributed by atoms with E-state index in [2.05, 4.69) is 22.0 Å². The predicted octanol–water partition coefficient (Wildman–Crippen LogP) is 0.678. The van der Waals surface area contributed by atoms with Crippen molar-refractivity contribution >= 4 is 5.91 Å². The molecule has 2 unspecified atom stereocenters. The van der Waals surface area contributed by atoms with Crippen LogP contribution in [0.3, 0.4) is 0 Å². The normalized spacial score (nSPS) is 21.5. The first-order valence-electron chi connectivity index (χ1n) is 7.72. The molecule has 0 aromatic rings. The van der Waals surface area contributed by atoms with Gasteiger partial charge in [-0.1, -0.05) is 6.92 Å². The van der Waals surface area contributed by atoms with Gasteiger partial charge in [-0.25, -0.2) is 0 Å². The quantitative estimate of drug-likeness (QED) is 0.753. The smallest absolute Gasteiger partial charge is 0.237 e. The maximum absolute atomic E-state index is 12.1. The van der Waals surface area contributed by atoms with Gasteiger partial charge in [-0.2, -0.15) is 0 Å². The lowest BCUT2D eigenvalue weighted by Crippen LogP contribution is -2.56. The van der Waals surface area contributed by atoms with Crippen molar-refractivity contribution < 1.29 is 9.90 Å². The summed E-state index contributed by atoms with van der Waals surface area (Å²) in [7, 11) is 0. The minimum Gasteiger partial charge on any atom is -0.389 e. The first-order chi connectivity index (χ1) is 9.23. The highest BCUT2D eigenvalue weighted by Gasteiger charge is 2.27. The predicted molar refractivity (Wildman–Crippen MR) is 81.7 cm³/mol. The van der Waals surface area contributed by atoms with Crippen LogP contribution in [0.25, 0.3) is 0 Å². The highest BCUT2D eigenvalue weighted by molar-refractivity contribution is 5.81. The van der Waals surface area contributed by atoms with E-state index in [9.17, 15) is 9.90 Å². The number of β-amino-alcohol motifs (C(OH)–C–C–N with tert-alkyl or cyclic N) is 1. The van der Waals surface area contributed by atoms with Gasteiger partial charge in [0.05, 0.1) is 11.6 Å². The lowest BCUT2D eigenvalue weighted by atomic mass is 10.1. The van der Waals surface area contributed by atoms with Crippen LogP contribution in [0.4, 0.5) is 0 Å². The topological polar surface area (TPSA) is 55.8 Å². The number of hydrogen-bond acceptors (Lipinski definition) is 4. The summed E-state index contributed by atoms with van der Waals surface area (Å²) in [5.41, 5.74) is -0.651. The summed E-state index contributed by atoms with van der Waals surface area (Å²) in [5, 5.41) is 12.9. The molecule has 5 nitrogen and oxygen atoms in total. The summed E-state index contributed by atoms with van der Waals surface area (Å²) in [4.78, 5) is 16.6. The number of hydrogen-bond donors (Lipinski definition) is 2. The summed E-state index contributed by atoms with van der Waals surface area (Å²) in [5.74, 6) is 0.121. The zero-order valence-electron chi connectivity index (χ0n) is 13.6. The molecule has 1 aliphatic heterocycles. The second kappa shape index (κ2) is 7.38. The molecule has 0 aromatic carbocycles. The third-order valence-corrected chi connectivity index (χ3v) is 3.95. The molecular weight excluding hydrogens is 254 g/mol. The highest BCUT2D eigenvalue weighted by atomic mass is 16.3. The first kappa shape index (κ1) is 17.4. The molecular formula is C15H31N3O2. The molecule has 1 aliphatic rings. The van der Waals surface area contributed by atoms with Crippen molar-refractivity contribution in [1.82, 2.24) is 15.1 Å². The lowest BCUT2D eigenvalue weighted by Gasteiger charge is -2.39. The molecule has 5 heteroatoms. The molecule has 20 heavy (non-hydrogen) atoms. The number of nitrogens with zero attached hydrogens (tertiary/aromatic N) is 2. The average Bonchev–Trinajstić information content (AvgIpc) is 2.36. The minimum absolute atomic E-state index is 0.0757. The molecule has 1 heterocycles. The number of amides is 1. The molecule has 1 amide bonds. The van der Waals surface area contributed by atoms with Crippen molar-refractivity contribution in [3.63, 3.8) is 0 Å². The molecule has 2 atom stereocenters. The van der Waals surface area contributed by atoms with E-state index in [1.807, 2.05) is 27.7 Å². The number of rotatable bonds is 6. The fourth-order valence-electron chi connectivity index (χ4n) is 2.49. The van der Waals surface area contributed by atoms with Gasteiger partial charge >= 0.3 is 0 Å². The molecule has 1 rings (SSSR count). The van der Waals surface area contributed by atoms with E-state index in [-0.39, 0.29) is 18.0 Å². The SMILES string of the molecule is CCC(C)NC(=O)C(C)N1CCN(CC(C)(C)O)CC1. The number of aliphatic hydroxyl groups is 1. The largest absolute Gasteiger partial charge is 0.389 e. The van der Waals surface area contributed by atoms with E-state index < -0.39 is 5.60 Å². The standard InChI is InChI=1S/C15H31N3O2/c1-6-12(2)16-14(19)13(3)18-9-7-17(8-10-18)11-15(4,5)20/h12-13,20H,6-11H2,1-5H3,(H,16,19). The maximum Gasteiger partial charge on any atom is 0.237 e. The Morgan fingerprint density at radius 2 is 1.80 bits per heavy atom. The second-order valence-corrected chi connectivity index (χ2v) is 6.62. The molecule has 0 aliphatic carbocycles. The summed E-state index contributed by atoms with van der Waals surface area (Å²) >= 11 is 0. The van der Waals surface area contributed by atoms with E-state index in [1.54, 1.807) is 0 Å². The van der Waals surface area contributed by atoms with Crippen molar-refractivity contribution in [3.8, 4) is 0 Å². The fourth-order valence-corrected chi connectivity index (χ4v) is 2.49. The summed E-state index contributed by atoms with van der Waals surface area (Å²) in [6.07, 6.45) is 0.956. The molecule has 0 spiro atoms. The molecule has 0 aromatic heterocycles. The van der Waals surface area contributed by atoms with Crippen molar-refractivity contribution in [2.75, 3.05) is 32.7 Å². The van der Waals surface area contributed by atoms with Gasteiger partial charge in [-0.05, 0) is 34.1 Å². The molecule has 118 valence electrons. The second-order valence-electron chi connectivity index (χ2n) is 6.62. The minimum atomic E-state index is -0.651. The molecule has 1 saturated heterocycles. The van der Waals surface area contributed by atoms with Crippen LogP contribution in [0, 0.1) is 0 Å². The van der Waals surface area contributed by atoms with Gasteiger partial charge in [0.1, 0.15) is 0 Å². The van der Waals surface area contributed by atoms with Crippen LogP contribution in [0.5, 0.6) is 0 Å². The maximum atomic E-state index is 12.1. The Morgan fingerprint density at radius 3 is 2.25 bits per heavy atom. The van der Waals surface area contributed by atoms with E-state index in [0.29, 0.717) is 6.54 Å². The monoisotopic (exact) mass is 285 g/mol. The van der Waals surface area contributed by atoms with Gasteiger partial charge < -0.3 is 10.4 Å². The number of carbonyl (C=O) groups is 1. The molecule has 0 saturated carbocycles. The fraction of sp³-hybridized carbons (Fsp3) is 0.933. The lowest BCUT2D eigenvalue weighted by molar-refractivity contribution is -0.127. The van der Waals surface area contributed by atoms with Crippen LogP contribution in [-0.4, -0.2) is 71.2 Å². The van der Waals surface area contributed by atoms with Gasteiger partial charge in [-0.3, -0.25) is 14.6 Å². The van der Waals surface area contributed by atoms with Gasteiger partial charge in [-0.15, -0.1) is 0 Å². The van der Waals surface area contributed by atoms with Crippen LogP contribution in [-0.2, 0) is 4.79 Å². The van der Waals surface area contributed by atoms with E-state index in [0.717, 1.165) is 32.6 Å².